The number of rotatable bonds is 5. The van der Waals surface area contributed by atoms with Crippen molar-refractivity contribution in [2.75, 3.05) is 44.7 Å². The van der Waals surface area contributed by atoms with Crippen molar-refractivity contribution < 1.29 is 29.3 Å². The summed E-state index contributed by atoms with van der Waals surface area (Å²) in [7, 11) is 1.89. The molecule has 3 fully saturated rings. The Morgan fingerprint density at radius 3 is 2.78 bits per heavy atom. The van der Waals surface area contributed by atoms with E-state index in [2.05, 4.69) is 20.6 Å². The van der Waals surface area contributed by atoms with Gasteiger partial charge in [0, 0.05) is 19.6 Å². The zero-order valence-electron chi connectivity index (χ0n) is 22.4. The fourth-order valence-corrected chi connectivity index (χ4v) is 6.63. The van der Waals surface area contributed by atoms with Crippen LogP contribution in [0.3, 0.4) is 0 Å². The molecule has 0 radical (unpaired) electrons. The number of urea groups is 1. The summed E-state index contributed by atoms with van der Waals surface area (Å²) in [5, 5.41) is 29.1. The van der Waals surface area contributed by atoms with E-state index in [1.54, 1.807) is 12.1 Å². The molecule has 6 aliphatic rings. The molecule has 5 aliphatic heterocycles. The van der Waals surface area contributed by atoms with E-state index >= 15 is 0 Å². The molecule has 16 heteroatoms. The highest BCUT2D eigenvalue weighted by atomic mass is 16.5. The Hall–Kier alpha value is -4.31. The summed E-state index contributed by atoms with van der Waals surface area (Å²) in [6.45, 7) is 0.737. The van der Waals surface area contributed by atoms with E-state index in [0.29, 0.717) is 18.9 Å². The number of imide groups is 1. The largest absolute Gasteiger partial charge is 0.489 e. The van der Waals surface area contributed by atoms with Gasteiger partial charge in [0.05, 0.1) is 30.4 Å². The fourth-order valence-electron chi connectivity index (χ4n) is 6.63. The predicted molar refractivity (Wildman–Crippen MR) is 144 cm³/mol. The summed E-state index contributed by atoms with van der Waals surface area (Å²) in [6.07, 6.45) is 1.71. The Bertz CT molecular complexity index is 1410. The molecule has 0 unspecified atom stereocenters. The lowest BCUT2D eigenvalue weighted by Crippen LogP contribution is -2.78. The minimum atomic E-state index is -2.66. The van der Waals surface area contributed by atoms with Crippen molar-refractivity contribution in [1.82, 2.24) is 25.3 Å². The van der Waals surface area contributed by atoms with Crippen LogP contribution in [0.15, 0.2) is 28.2 Å². The Balaban J connectivity index is 1.17. The molecule has 4 atom stereocenters. The van der Waals surface area contributed by atoms with Gasteiger partial charge in [-0.25, -0.2) is 14.8 Å². The molecule has 16 nitrogen and oxygen atoms in total. The number of carbonyl (C=O) groups is 3. The summed E-state index contributed by atoms with van der Waals surface area (Å²) in [6, 6.07) is 1.56. The summed E-state index contributed by atoms with van der Waals surface area (Å²) >= 11 is 0. The van der Waals surface area contributed by atoms with Gasteiger partial charge in [-0.3, -0.25) is 14.5 Å². The van der Waals surface area contributed by atoms with Crippen LogP contribution >= 0.6 is 0 Å². The Morgan fingerprint density at radius 1 is 1.24 bits per heavy atom. The lowest BCUT2D eigenvalue weighted by atomic mass is 9.84. The van der Waals surface area contributed by atoms with Crippen molar-refractivity contribution in [2.45, 2.75) is 48.5 Å². The molecule has 41 heavy (non-hydrogen) atoms. The fraction of sp³-hybridized carbons (Fsp3) is 0.560. The van der Waals surface area contributed by atoms with Crippen LogP contribution in [0.25, 0.3) is 0 Å². The number of guanidine groups is 2. The van der Waals surface area contributed by atoms with Crippen LogP contribution in [0.5, 0.6) is 5.75 Å². The van der Waals surface area contributed by atoms with Crippen molar-refractivity contribution in [2.24, 2.45) is 21.5 Å². The van der Waals surface area contributed by atoms with Gasteiger partial charge >= 0.3 is 6.03 Å². The van der Waals surface area contributed by atoms with E-state index in [1.807, 2.05) is 18.0 Å². The number of nitrogens with two attached hydrogens (primary N) is 2. The molecule has 0 bridgehead atoms. The lowest BCUT2D eigenvalue weighted by molar-refractivity contribution is -0.230. The third-order valence-corrected chi connectivity index (χ3v) is 8.87. The normalized spacial score (nSPS) is 31.6. The van der Waals surface area contributed by atoms with Crippen LogP contribution in [0, 0.1) is 0 Å². The SMILES string of the molecule is CN1CCOc2c(C(=O)N[C@H]3CN4C(N)=N[C@@H](CN5C(=O)CN(C6CC6)C5=O)[C@@H]5N=C(N)N[C@@]54C3(O)O)cccc21. The smallest absolute Gasteiger partial charge is 0.327 e. The molecule has 218 valence electrons. The van der Waals surface area contributed by atoms with Crippen LogP contribution < -0.4 is 31.7 Å². The number of likely N-dealkylation sites (N-methyl/N-ethyl adjacent to an activating group) is 1. The van der Waals surface area contributed by atoms with Gasteiger partial charge in [-0.15, -0.1) is 0 Å². The van der Waals surface area contributed by atoms with E-state index in [-0.39, 0.29) is 49.1 Å². The molecule has 5 heterocycles. The van der Waals surface area contributed by atoms with Crippen LogP contribution in [-0.4, -0.2) is 130 Å². The van der Waals surface area contributed by atoms with Gasteiger partial charge in [0.1, 0.15) is 25.2 Å². The monoisotopic (exact) mass is 568 g/mol. The van der Waals surface area contributed by atoms with E-state index in [9.17, 15) is 24.6 Å². The maximum absolute atomic E-state index is 13.5. The number of ether oxygens (including phenoxy) is 1. The second-order valence-electron chi connectivity index (χ2n) is 11.3. The van der Waals surface area contributed by atoms with Gasteiger partial charge in [0.25, 0.3) is 5.91 Å². The van der Waals surface area contributed by atoms with Gasteiger partial charge in [-0.05, 0) is 25.0 Å². The van der Waals surface area contributed by atoms with Crippen molar-refractivity contribution >= 4 is 35.5 Å². The number of hydrogen-bond acceptors (Lipinski definition) is 13. The first kappa shape index (κ1) is 25.6. The lowest BCUT2D eigenvalue weighted by Gasteiger charge is -2.49. The zero-order chi connectivity index (χ0) is 28.8. The maximum atomic E-state index is 13.5. The zero-order valence-corrected chi connectivity index (χ0v) is 22.4. The average molecular weight is 569 g/mol. The van der Waals surface area contributed by atoms with Gasteiger partial charge in [0.2, 0.25) is 11.7 Å². The van der Waals surface area contributed by atoms with Crippen molar-refractivity contribution in [3.8, 4) is 5.75 Å². The molecule has 1 aromatic carbocycles. The number of amides is 4. The molecular weight excluding hydrogens is 536 g/mol. The van der Waals surface area contributed by atoms with Gasteiger partial charge in [0.15, 0.2) is 23.3 Å². The highest BCUT2D eigenvalue weighted by molar-refractivity contribution is 6.02. The number of fused-ring (bicyclic) bond motifs is 1. The highest BCUT2D eigenvalue weighted by Crippen LogP contribution is 2.45. The topological polar surface area (TPSA) is 215 Å². The number of nitrogens with one attached hydrogen (secondary N) is 2. The number of para-hydroxylation sites is 1. The van der Waals surface area contributed by atoms with E-state index in [4.69, 9.17) is 16.2 Å². The predicted octanol–water partition coefficient (Wildman–Crippen LogP) is -3.28. The quantitative estimate of drug-likeness (QED) is 0.153. The molecule has 1 saturated carbocycles. The molecule has 1 aromatic rings. The molecule has 1 spiro atoms. The average Bonchev–Trinajstić information content (AvgIpc) is 3.60. The third kappa shape index (κ3) is 3.56. The van der Waals surface area contributed by atoms with Crippen LogP contribution in [0.1, 0.15) is 23.2 Å². The molecule has 1 aliphatic carbocycles. The van der Waals surface area contributed by atoms with Gasteiger partial charge in [-0.1, -0.05) is 6.07 Å². The van der Waals surface area contributed by atoms with Crippen LogP contribution in [0.2, 0.25) is 0 Å². The molecule has 7 rings (SSSR count). The first-order valence-corrected chi connectivity index (χ1v) is 13.6. The first-order valence-electron chi connectivity index (χ1n) is 13.6. The first-order chi connectivity index (χ1) is 19.5. The number of aliphatic hydroxyl groups is 2. The summed E-state index contributed by atoms with van der Waals surface area (Å²) in [5.74, 6) is -3.38. The van der Waals surface area contributed by atoms with Crippen molar-refractivity contribution in [1.29, 1.82) is 0 Å². The third-order valence-electron chi connectivity index (χ3n) is 8.87. The van der Waals surface area contributed by atoms with Crippen LogP contribution in [0.4, 0.5) is 10.5 Å². The van der Waals surface area contributed by atoms with Crippen LogP contribution in [-0.2, 0) is 4.79 Å². The summed E-state index contributed by atoms with van der Waals surface area (Å²) < 4.78 is 5.79. The molecule has 0 aromatic heterocycles. The number of benzene rings is 1. The Labute approximate surface area is 234 Å². The van der Waals surface area contributed by atoms with E-state index < -0.39 is 41.5 Å². The standard InChI is InChI=1S/C25H32N10O6/c1-32-7-8-41-18-13(3-2-4-15(18)32)20(37)29-16-10-35-22(27)28-14(19-24(35,25(16,39)40)31-21(26)30-19)9-34-17(36)11-33(23(34)38)12-5-6-12/h2-4,12,14,16,19,39-40H,5-11H2,1H3,(H2,27,28)(H,29,37)(H3,26,30,31)/t14-,16-,19-,24-/m0/s1. The number of nitrogens with zero attached hydrogens (tertiary/aromatic N) is 6. The second kappa shape index (κ2) is 8.59. The molecular formula is C25H32N10O6. The number of aliphatic imine (C=N–C) groups is 2. The van der Waals surface area contributed by atoms with E-state index in [1.165, 1.54) is 9.80 Å². The minimum Gasteiger partial charge on any atom is -0.489 e. The molecule has 2 saturated heterocycles. The maximum Gasteiger partial charge on any atom is 0.327 e. The molecule has 8 N–H and O–H groups in total. The number of hydrogen-bond donors (Lipinski definition) is 6. The number of anilines is 1. The molecule has 4 amide bonds. The summed E-state index contributed by atoms with van der Waals surface area (Å²) in [4.78, 5) is 54.2. The second-order valence-corrected chi connectivity index (χ2v) is 11.3. The highest BCUT2D eigenvalue weighted by Gasteiger charge is 2.73. The van der Waals surface area contributed by atoms with Gasteiger partial charge in [-0.2, -0.15) is 0 Å². The van der Waals surface area contributed by atoms with Crippen molar-refractivity contribution in [3.05, 3.63) is 23.8 Å². The minimum absolute atomic E-state index is 0.0122. The van der Waals surface area contributed by atoms with Gasteiger partial charge < -0.3 is 51.8 Å². The summed E-state index contributed by atoms with van der Waals surface area (Å²) in [5.41, 5.74) is 11.6. The Morgan fingerprint density at radius 2 is 2.02 bits per heavy atom. The Kier molecular flexibility index (Phi) is 5.38. The van der Waals surface area contributed by atoms with Crippen molar-refractivity contribution in [3.63, 3.8) is 0 Å². The van der Waals surface area contributed by atoms with E-state index in [0.717, 1.165) is 23.4 Å². The number of carbonyl (C=O) groups excluding carboxylic acids is 3.